The molecule has 5 heteroatoms. The molecule has 0 amide bonds. The average molecular weight is 280 g/mol. The maximum Gasteiger partial charge on any atom is 0.416 e. The molecule has 2 rings (SSSR count). The second-order valence-corrected chi connectivity index (χ2v) is 4.44. The number of benzene rings is 1. The molecule has 0 bridgehead atoms. The van der Waals surface area contributed by atoms with Gasteiger partial charge in [-0.3, -0.25) is 4.98 Å². The maximum atomic E-state index is 12.4. The SMILES string of the molecule is FC(F)(F)c1ccc(CNCCc2ccccn2)cc1. The third kappa shape index (κ3) is 4.35. The molecule has 1 aromatic heterocycles. The maximum absolute atomic E-state index is 12.4. The van der Waals surface area contributed by atoms with Gasteiger partial charge in [0.05, 0.1) is 5.56 Å². The molecule has 106 valence electrons. The standard InChI is InChI=1S/C15H15F3N2/c16-15(17,18)13-6-4-12(5-7-13)11-19-10-8-14-3-1-2-9-20-14/h1-7,9,19H,8,10-11H2. The Balaban J connectivity index is 1.77. The van der Waals surface area contributed by atoms with E-state index in [0.717, 1.165) is 36.4 Å². The molecule has 0 unspecified atom stereocenters. The summed E-state index contributed by atoms with van der Waals surface area (Å²) in [5.74, 6) is 0. The number of nitrogens with zero attached hydrogens (tertiary/aromatic N) is 1. The van der Waals surface area contributed by atoms with Crippen LogP contribution in [-0.4, -0.2) is 11.5 Å². The Hall–Kier alpha value is -1.88. The van der Waals surface area contributed by atoms with E-state index in [9.17, 15) is 13.2 Å². The lowest BCUT2D eigenvalue weighted by molar-refractivity contribution is -0.137. The molecule has 0 atom stereocenters. The second-order valence-electron chi connectivity index (χ2n) is 4.44. The van der Waals surface area contributed by atoms with Crippen molar-refractivity contribution in [2.24, 2.45) is 0 Å². The van der Waals surface area contributed by atoms with Gasteiger partial charge in [-0.25, -0.2) is 0 Å². The quantitative estimate of drug-likeness (QED) is 0.849. The summed E-state index contributed by atoms with van der Waals surface area (Å²) in [4.78, 5) is 4.20. The van der Waals surface area contributed by atoms with Crippen molar-refractivity contribution in [2.75, 3.05) is 6.54 Å². The average Bonchev–Trinajstić information content (AvgIpc) is 2.44. The lowest BCUT2D eigenvalue weighted by atomic mass is 10.1. The van der Waals surface area contributed by atoms with E-state index in [0.29, 0.717) is 6.54 Å². The number of alkyl halides is 3. The van der Waals surface area contributed by atoms with Gasteiger partial charge in [0.2, 0.25) is 0 Å². The highest BCUT2D eigenvalue weighted by molar-refractivity contribution is 5.24. The lowest BCUT2D eigenvalue weighted by Gasteiger charge is -2.08. The number of halogens is 3. The smallest absolute Gasteiger partial charge is 0.312 e. The number of rotatable bonds is 5. The van der Waals surface area contributed by atoms with E-state index in [4.69, 9.17) is 0 Å². The van der Waals surface area contributed by atoms with E-state index in [1.54, 1.807) is 6.20 Å². The van der Waals surface area contributed by atoms with Crippen molar-refractivity contribution >= 4 is 0 Å². The van der Waals surface area contributed by atoms with Crippen LogP contribution in [0.1, 0.15) is 16.8 Å². The van der Waals surface area contributed by atoms with Crippen molar-refractivity contribution in [1.82, 2.24) is 10.3 Å². The van der Waals surface area contributed by atoms with E-state index in [1.165, 1.54) is 12.1 Å². The lowest BCUT2D eigenvalue weighted by Crippen LogP contribution is -2.17. The molecule has 0 fully saturated rings. The number of hydrogen-bond acceptors (Lipinski definition) is 2. The van der Waals surface area contributed by atoms with Crippen LogP contribution in [0.4, 0.5) is 13.2 Å². The van der Waals surface area contributed by atoms with Gasteiger partial charge in [-0.15, -0.1) is 0 Å². The van der Waals surface area contributed by atoms with E-state index in [2.05, 4.69) is 10.3 Å². The van der Waals surface area contributed by atoms with Crippen molar-refractivity contribution in [3.8, 4) is 0 Å². The van der Waals surface area contributed by atoms with Crippen LogP contribution in [0, 0.1) is 0 Å². The van der Waals surface area contributed by atoms with Crippen molar-refractivity contribution in [2.45, 2.75) is 19.1 Å². The monoisotopic (exact) mass is 280 g/mol. The van der Waals surface area contributed by atoms with Crippen molar-refractivity contribution in [1.29, 1.82) is 0 Å². The summed E-state index contributed by atoms with van der Waals surface area (Å²) in [6.07, 6.45) is -1.74. The van der Waals surface area contributed by atoms with Crippen molar-refractivity contribution in [3.63, 3.8) is 0 Å². The molecule has 0 spiro atoms. The van der Waals surface area contributed by atoms with Gasteiger partial charge in [0.25, 0.3) is 0 Å². The molecule has 0 aliphatic rings. The predicted octanol–water partition coefficient (Wildman–Crippen LogP) is 3.43. The molecule has 0 radical (unpaired) electrons. The summed E-state index contributed by atoms with van der Waals surface area (Å²) >= 11 is 0. The highest BCUT2D eigenvalue weighted by Crippen LogP contribution is 2.28. The molecule has 2 aromatic rings. The third-order valence-corrected chi connectivity index (χ3v) is 2.89. The Morgan fingerprint density at radius 1 is 1.00 bits per heavy atom. The van der Waals surface area contributed by atoms with Gasteiger partial charge in [-0.2, -0.15) is 13.2 Å². The first kappa shape index (κ1) is 14.5. The number of nitrogens with one attached hydrogen (secondary N) is 1. The van der Waals surface area contributed by atoms with Crippen LogP contribution in [0.3, 0.4) is 0 Å². The van der Waals surface area contributed by atoms with E-state index in [1.807, 2.05) is 18.2 Å². The van der Waals surface area contributed by atoms with Gasteiger partial charge < -0.3 is 5.32 Å². The summed E-state index contributed by atoms with van der Waals surface area (Å²) < 4.78 is 37.2. The molecule has 0 aliphatic heterocycles. The highest BCUT2D eigenvalue weighted by Gasteiger charge is 2.29. The van der Waals surface area contributed by atoms with Crippen LogP contribution >= 0.6 is 0 Å². The molecular weight excluding hydrogens is 265 g/mol. The summed E-state index contributed by atoms with van der Waals surface area (Å²) in [7, 11) is 0. The van der Waals surface area contributed by atoms with Crippen LogP contribution < -0.4 is 5.32 Å². The summed E-state index contributed by atoms with van der Waals surface area (Å²) in [5.41, 5.74) is 1.21. The zero-order chi connectivity index (χ0) is 14.4. The third-order valence-electron chi connectivity index (χ3n) is 2.89. The van der Waals surface area contributed by atoms with Crippen LogP contribution in [0.2, 0.25) is 0 Å². The fourth-order valence-electron chi connectivity index (χ4n) is 1.81. The molecule has 1 N–H and O–H groups in total. The van der Waals surface area contributed by atoms with Crippen molar-refractivity contribution < 1.29 is 13.2 Å². The Kier molecular flexibility index (Phi) is 4.74. The predicted molar refractivity (Wildman–Crippen MR) is 71.1 cm³/mol. The molecule has 2 nitrogen and oxygen atoms in total. The van der Waals surface area contributed by atoms with Gasteiger partial charge in [0, 0.05) is 31.4 Å². The fourth-order valence-corrected chi connectivity index (χ4v) is 1.81. The van der Waals surface area contributed by atoms with Gasteiger partial charge >= 0.3 is 6.18 Å². The first-order valence-electron chi connectivity index (χ1n) is 6.32. The van der Waals surface area contributed by atoms with Gasteiger partial charge in [-0.1, -0.05) is 18.2 Å². The molecule has 0 saturated carbocycles. The van der Waals surface area contributed by atoms with Gasteiger partial charge in [-0.05, 0) is 29.8 Å². The zero-order valence-corrected chi connectivity index (χ0v) is 10.8. The normalized spacial score (nSPS) is 11.6. The summed E-state index contributed by atoms with van der Waals surface area (Å²) in [5, 5.41) is 3.19. The Bertz CT molecular complexity index is 521. The largest absolute Gasteiger partial charge is 0.416 e. The van der Waals surface area contributed by atoms with Crippen LogP contribution in [0.5, 0.6) is 0 Å². The first-order valence-corrected chi connectivity index (χ1v) is 6.32. The van der Waals surface area contributed by atoms with Gasteiger partial charge in [0.1, 0.15) is 0 Å². The van der Waals surface area contributed by atoms with Crippen LogP contribution in [0.25, 0.3) is 0 Å². The minimum atomic E-state index is -4.27. The van der Waals surface area contributed by atoms with Crippen LogP contribution in [-0.2, 0) is 19.1 Å². The molecular formula is C15H15F3N2. The second kappa shape index (κ2) is 6.52. The fraction of sp³-hybridized carbons (Fsp3) is 0.267. The molecule has 20 heavy (non-hydrogen) atoms. The molecule has 1 aromatic carbocycles. The Labute approximate surface area is 115 Å². The number of hydrogen-bond donors (Lipinski definition) is 1. The number of aromatic nitrogens is 1. The summed E-state index contributed by atoms with van der Waals surface area (Å²) in [6.45, 7) is 1.28. The van der Waals surface area contributed by atoms with E-state index >= 15 is 0 Å². The van der Waals surface area contributed by atoms with E-state index < -0.39 is 11.7 Å². The molecule has 0 saturated heterocycles. The minimum absolute atomic E-state index is 0.547. The van der Waals surface area contributed by atoms with Crippen molar-refractivity contribution in [3.05, 3.63) is 65.5 Å². The Morgan fingerprint density at radius 2 is 1.75 bits per heavy atom. The van der Waals surface area contributed by atoms with Gasteiger partial charge in [0.15, 0.2) is 0 Å². The zero-order valence-electron chi connectivity index (χ0n) is 10.8. The Morgan fingerprint density at radius 3 is 2.35 bits per heavy atom. The first-order chi connectivity index (χ1) is 9.55. The van der Waals surface area contributed by atoms with E-state index in [-0.39, 0.29) is 0 Å². The topological polar surface area (TPSA) is 24.9 Å². The summed E-state index contributed by atoms with van der Waals surface area (Å²) in [6, 6.07) is 10.9. The van der Waals surface area contributed by atoms with Crippen LogP contribution in [0.15, 0.2) is 48.7 Å². The molecule has 0 aliphatic carbocycles. The molecule has 1 heterocycles. The highest BCUT2D eigenvalue weighted by atomic mass is 19.4. The number of pyridine rings is 1. The minimum Gasteiger partial charge on any atom is -0.312 e.